The van der Waals surface area contributed by atoms with E-state index in [2.05, 4.69) is 41.3 Å². The van der Waals surface area contributed by atoms with E-state index in [0.717, 1.165) is 41.3 Å². The van der Waals surface area contributed by atoms with Gasteiger partial charge in [0, 0.05) is 15.7 Å². The molecule has 190 valence electrons. The highest BCUT2D eigenvalue weighted by atomic mass is 127. The van der Waals surface area contributed by atoms with Crippen LogP contribution in [0.15, 0.2) is 54.0 Å². The summed E-state index contributed by atoms with van der Waals surface area (Å²) in [6, 6.07) is 12.1. The van der Waals surface area contributed by atoms with Gasteiger partial charge in [-0.15, -0.1) is 6.58 Å². The molecule has 1 aliphatic carbocycles. The van der Waals surface area contributed by atoms with Crippen molar-refractivity contribution in [3.8, 4) is 11.5 Å². The van der Waals surface area contributed by atoms with Crippen LogP contribution in [-0.2, 0) is 17.8 Å². The molecule has 1 saturated carbocycles. The summed E-state index contributed by atoms with van der Waals surface area (Å²) in [4.78, 5) is 27.7. The largest absolute Gasteiger partial charge is 0.490 e. The van der Waals surface area contributed by atoms with Crippen molar-refractivity contribution in [1.82, 2.24) is 4.90 Å². The lowest BCUT2D eigenvalue weighted by atomic mass is 9.89. The van der Waals surface area contributed by atoms with Gasteiger partial charge in [-0.2, -0.15) is 0 Å². The number of ether oxygens (including phenoxy) is 2. The van der Waals surface area contributed by atoms with Crippen LogP contribution in [0.3, 0.4) is 0 Å². The van der Waals surface area contributed by atoms with Crippen LogP contribution >= 0.6 is 34.4 Å². The molecule has 1 heterocycles. The van der Waals surface area contributed by atoms with E-state index in [1.54, 1.807) is 6.08 Å². The van der Waals surface area contributed by atoms with E-state index in [0.29, 0.717) is 48.5 Å². The molecule has 36 heavy (non-hydrogen) atoms. The first-order valence-electron chi connectivity index (χ1n) is 12.5. The third-order valence-electron chi connectivity index (χ3n) is 6.45. The monoisotopic (exact) mass is 617 g/mol. The topological polar surface area (TPSA) is 55.8 Å². The number of nitrogens with zero attached hydrogens (tertiary/aromatic N) is 1. The molecule has 0 N–H and O–H groups in total. The molecule has 0 aromatic heterocycles. The highest BCUT2D eigenvalue weighted by Gasteiger charge is 2.36. The first-order chi connectivity index (χ1) is 17.5. The second-order valence-electron chi connectivity index (χ2n) is 9.14. The van der Waals surface area contributed by atoms with Crippen molar-refractivity contribution in [2.75, 3.05) is 13.2 Å². The molecule has 7 heteroatoms. The number of amides is 2. The standard InChI is InChI=1S/C29H32INO4S/c1-3-8-23-15-22(16-25(34-4-2)27(23)35-19-21-11-13-24(30)14-12-21)17-26-28(32)31(29(33)36-26)18-20-9-6-5-7-10-20/h3,11-17,20H,1,4-10,18-19H2,2H3/b26-17+. The summed E-state index contributed by atoms with van der Waals surface area (Å²) in [6.07, 6.45) is 10.0. The van der Waals surface area contributed by atoms with Crippen molar-refractivity contribution < 1.29 is 19.1 Å². The van der Waals surface area contributed by atoms with Crippen LogP contribution < -0.4 is 9.47 Å². The Balaban J connectivity index is 1.57. The minimum Gasteiger partial charge on any atom is -0.490 e. The van der Waals surface area contributed by atoms with E-state index < -0.39 is 0 Å². The Morgan fingerprint density at radius 3 is 2.56 bits per heavy atom. The Kier molecular flexibility index (Phi) is 9.53. The van der Waals surface area contributed by atoms with Crippen molar-refractivity contribution in [3.05, 3.63) is 74.2 Å². The van der Waals surface area contributed by atoms with Crippen LogP contribution in [0, 0.1) is 9.49 Å². The number of carbonyl (C=O) groups excluding carboxylic acids is 2. The molecular weight excluding hydrogens is 585 g/mol. The van der Waals surface area contributed by atoms with Gasteiger partial charge in [0.25, 0.3) is 11.1 Å². The molecule has 2 fully saturated rings. The third kappa shape index (κ3) is 6.73. The molecule has 2 aromatic rings. The average Bonchev–Trinajstić information content (AvgIpc) is 3.13. The molecule has 0 unspecified atom stereocenters. The van der Waals surface area contributed by atoms with Gasteiger partial charge in [-0.3, -0.25) is 14.5 Å². The molecule has 0 bridgehead atoms. The normalized spacial score (nSPS) is 17.6. The number of hydrogen-bond donors (Lipinski definition) is 0. The van der Waals surface area contributed by atoms with Crippen LogP contribution in [-0.4, -0.2) is 29.2 Å². The Bertz CT molecular complexity index is 1140. The fourth-order valence-electron chi connectivity index (χ4n) is 4.67. The van der Waals surface area contributed by atoms with E-state index in [1.807, 2.05) is 37.3 Å². The van der Waals surface area contributed by atoms with Crippen molar-refractivity contribution in [2.24, 2.45) is 5.92 Å². The summed E-state index contributed by atoms with van der Waals surface area (Å²) in [5.41, 5.74) is 2.80. The number of halogens is 1. The Hall–Kier alpha value is -2.26. The minimum atomic E-state index is -0.196. The molecule has 2 amide bonds. The lowest BCUT2D eigenvalue weighted by Gasteiger charge is -2.25. The number of rotatable bonds is 10. The molecule has 4 rings (SSSR count). The smallest absolute Gasteiger partial charge is 0.293 e. The van der Waals surface area contributed by atoms with Crippen molar-refractivity contribution in [1.29, 1.82) is 0 Å². The molecule has 0 spiro atoms. The number of hydrogen-bond acceptors (Lipinski definition) is 5. The minimum absolute atomic E-state index is 0.175. The molecule has 1 saturated heterocycles. The predicted molar refractivity (Wildman–Crippen MR) is 154 cm³/mol. The maximum Gasteiger partial charge on any atom is 0.293 e. The van der Waals surface area contributed by atoms with Crippen molar-refractivity contribution in [3.63, 3.8) is 0 Å². The first kappa shape index (κ1) is 26.8. The zero-order chi connectivity index (χ0) is 25.5. The van der Waals surface area contributed by atoms with Gasteiger partial charge in [0.1, 0.15) is 6.61 Å². The maximum absolute atomic E-state index is 13.1. The number of imide groups is 1. The molecule has 2 aliphatic rings. The van der Waals surface area contributed by atoms with E-state index in [-0.39, 0.29) is 11.1 Å². The lowest BCUT2D eigenvalue weighted by molar-refractivity contribution is -0.123. The first-order valence-corrected chi connectivity index (χ1v) is 14.4. The van der Waals surface area contributed by atoms with E-state index >= 15 is 0 Å². The number of thioether (sulfide) groups is 1. The highest BCUT2D eigenvalue weighted by molar-refractivity contribution is 14.1. The average molecular weight is 618 g/mol. The Morgan fingerprint density at radius 2 is 1.86 bits per heavy atom. The second-order valence-corrected chi connectivity index (χ2v) is 11.4. The molecule has 0 atom stereocenters. The third-order valence-corrected chi connectivity index (χ3v) is 8.08. The predicted octanol–water partition coefficient (Wildman–Crippen LogP) is 7.61. The summed E-state index contributed by atoms with van der Waals surface area (Å²) in [6.45, 7) is 7.25. The van der Waals surface area contributed by atoms with Gasteiger partial charge >= 0.3 is 0 Å². The van der Waals surface area contributed by atoms with Crippen LogP contribution in [0.1, 0.15) is 55.7 Å². The van der Waals surface area contributed by atoms with Crippen LogP contribution in [0.4, 0.5) is 4.79 Å². The number of benzene rings is 2. The molecule has 0 radical (unpaired) electrons. The van der Waals surface area contributed by atoms with E-state index in [9.17, 15) is 9.59 Å². The molecule has 1 aliphatic heterocycles. The van der Waals surface area contributed by atoms with Gasteiger partial charge < -0.3 is 9.47 Å². The Morgan fingerprint density at radius 1 is 1.11 bits per heavy atom. The van der Waals surface area contributed by atoms with Gasteiger partial charge in [-0.25, -0.2) is 0 Å². The van der Waals surface area contributed by atoms with Crippen molar-refractivity contribution in [2.45, 2.75) is 52.1 Å². The second kappa shape index (κ2) is 12.8. The number of allylic oxidation sites excluding steroid dienone is 1. The van der Waals surface area contributed by atoms with Crippen molar-refractivity contribution >= 4 is 51.6 Å². The number of carbonyl (C=O) groups is 2. The lowest BCUT2D eigenvalue weighted by Crippen LogP contribution is -2.34. The molecule has 5 nitrogen and oxygen atoms in total. The van der Waals surface area contributed by atoms with Gasteiger partial charge in [0.15, 0.2) is 11.5 Å². The SMILES string of the molecule is C=CCc1cc(/C=C2/SC(=O)N(CC3CCCCC3)C2=O)cc(OCC)c1OCc1ccc(I)cc1. The van der Waals surface area contributed by atoms with Gasteiger partial charge in [0.2, 0.25) is 0 Å². The van der Waals surface area contributed by atoms with Gasteiger partial charge in [-0.1, -0.05) is 37.5 Å². The van der Waals surface area contributed by atoms with Crippen LogP contribution in [0.2, 0.25) is 0 Å². The maximum atomic E-state index is 13.1. The summed E-state index contributed by atoms with van der Waals surface area (Å²) in [5, 5.41) is -0.175. The quantitative estimate of drug-likeness (QED) is 0.156. The summed E-state index contributed by atoms with van der Waals surface area (Å²) >= 11 is 3.31. The van der Waals surface area contributed by atoms with Gasteiger partial charge in [0.05, 0.1) is 11.5 Å². The van der Waals surface area contributed by atoms with Crippen LogP contribution in [0.5, 0.6) is 11.5 Å². The fourth-order valence-corrected chi connectivity index (χ4v) is 5.88. The van der Waals surface area contributed by atoms with E-state index in [4.69, 9.17) is 9.47 Å². The Labute approximate surface area is 231 Å². The fraction of sp³-hybridized carbons (Fsp3) is 0.379. The zero-order valence-corrected chi connectivity index (χ0v) is 23.6. The zero-order valence-electron chi connectivity index (χ0n) is 20.6. The van der Waals surface area contributed by atoms with E-state index in [1.165, 1.54) is 27.7 Å². The summed E-state index contributed by atoms with van der Waals surface area (Å²) < 4.78 is 13.4. The molecular formula is C29H32INO4S. The van der Waals surface area contributed by atoms with Gasteiger partial charge in [-0.05, 0) is 108 Å². The highest BCUT2D eigenvalue weighted by Crippen LogP contribution is 2.38. The summed E-state index contributed by atoms with van der Waals surface area (Å²) in [5.74, 6) is 1.52. The van der Waals surface area contributed by atoms with Crippen LogP contribution in [0.25, 0.3) is 6.08 Å². The summed E-state index contributed by atoms with van der Waals surface area (Å²) in [7, 11) is 0. The molecule has 2 aromatic carbocycles.